The molecule has 0 aromatic heterocycles. The van der Waals surface area contributed by atoms with E-state index < -0.39 is 17.3 Å². The van der Waals surface area contributed by atoms with Crippen molar-refractivity contribution in [2.24, 2.45) is 0 Å². The number of carbonyl (C=O) groups excluding carboxylic acids is 1. The van der Waals surface area contributed by atoms with Crippen LogP contribution in [0, 0.1) is 5.82 Å². The standard InChI is InChI=1S/C16H15BrFNO2/c1-16(15(20)21-2,13-8-3-4-9-14(13)18)19-12-7-5-6-11(17)10-12/h3-10,19H,1-2H3. The molecule has 0 radical (unpaired) electrons. The number of hydrogen-bond acceptors (Lipinski definition) is 3. The molecule has 0 heterocycles. The molecule has 0 spiro atoms. The Labute approximate surface area is 131 Å². The van der Waals surface area contributed by atoms with E-state index in [-0.39, 0.29) is 5.56 Å². The molecule has 5 heteroatoms. The molecule has 3 nitrogen and oxygen atoms in total. The van der Waals surface area contributed by atoms with Crippen LogP contribution in [-0.2, 0) is 15.1 Å². The first-order valence-corrected chi connectivity index (χ1v) is 7.14. The zero-order valence-corrected chi connectivity index (χ0v) is 13.3. The predicted molar refractivity (Wildman–Crippen MR) is 83.5 cm³/mol. The molecule has 0 bridgehead atoms. The largest absolute Gasteiger partial charge is 0.467 e. The second-order valence-corrected chi connectivity index (χ2v) is 5.65. The summed E-state index contributed by atoms with van der Waals surface area (Å²) in [5, 5.41) is 3.06. The van der Waals surface area contributed by atoms with Crippen molar-refractivity contribution >= 4 is 27.6 Å². The van der Waals surface area contributed by atoms with Crippen molar-refractivity contribution in [3.63, 3.8) is 0 Å². The lowest BCUT2D eigenvalue weighted by atomic mass is 9.91. The van der Waals surface area contributed by atoms with Gasteiger partial charge < -0.3 is 10.1 Å². The van der Waals surface area contributed by atoms with Crippen molar-refractivity contribution in [3.05, 3.63) is 64.4 Å². The highest BCUT2D eigenvalue weighted by Crippen LogP contribution is 2.30. The minimum atomic E-state index is -1.32. The summed E-state index contributed by atoms with van der Waals surface area (Å²) >= 11 is 3.36. The van der Waals surface area contributed by atoms with Gasteiger partial charge in [0.2, 0.25) is 0 Å². The van der Waals surface area contributed by atoms with Crippen molar-refractivity contribution in [1.82, 2.24) is 0 Å². The van der Waals surface area contributed by atoms with Gasteiger partial charge in [-0.2, -0.15) is 0 Å². The van der Waals surface area contributed by atoms with E-state index in [4.69, 9.17) is 4.74 Å². The fourth-order valence-electron chi connectivity index (χ4n) is 2.15. The van der Waals surface area contributed by atoms with Crippen LogP contribution in [0.1, 0.15) is 12.5 Å². The van der Waals surface area contributed by atoms with Crippen LogP contribution in [0.3, 0.4) is 0 Å². The number of halogens is 2. The first kappa shape index (κ1) is 15.5. The van der Waals surface area contributed by atoms with Crippen molar-refractivity contribution in [1.29, 1.82) is 0 Å². The quantitative estimate of drug-likeness (QED) is 0.843. The van der Waals surface area contributed by atoms with Crippen LogP contribution in [0.4, 0.5) is 10.1 Å². The highest BCUT2D eigenvalue weighted by Gasteiger charge is 2.38. The lowest BCUT2D eigenvalue weighted by molar-refractivity contribution is -0.145. The normalized spacial score (nSPS) is 13.3. The van der Waals surface area contributed by atoms with E-state index in [1.54, 1.807) is 31.2 Å². The maximum absolute atomic E-state index is 14.1. The fraction of sp³-hybridized carbons (Fsp3) is 0.188. The average Bonchev–Trinajstić information content (AvgIpc) is 2.46. The number of anilines is 1. The maximum atomic E-state index is 14.1. The monoisotopic (exact) mass is 351 g/mol. The van der Waals surface area contributed by atoms with Gasteiger partial charge in [-0.1, -0.05) is 40.2 Å². The molecule has 1 atom stereocenters. The number of methoxy groups -OCH3 is 1. The molecule has 0 amide bonds. The van der Waals surface area contributed by atoms with Crippen molar-refractivity contribution in [3.8, 4) is 0 Å². The predicted octanol–water partition coefficient (Wildman–Crippen LogP) is 4.09. The molecule has 21 heavy (non-hydrogen) atoms. The van der Waals surface area contributed by atoms with E-state index in [9.17, 15) is 9.18 Å². The molecule has 0 aliphatic carbocycles. The molecule has 2 rings (SSSR count). The number of rotatable bonds is 4. The topological polar surface area (TPSA) is 38.3 Å². The van der Waals surface area contributed by atoms with Crippen molar-refractivity contribution < 1.29 is 13.9 Å². The van der Waals surface area contributed by atoms with Crippen molar-refractivity contribution in [2.75, 3.05) is 12.4 Å². The van der Waals surface area contributed by atoms with Crippen LogP contribution < -0.4 is 5.32 Å². The Hall–Kier alpha value is -1.88. The first-order chi connectivity index (χ1) is 9.97. The molecule has 2 aromatic rings. The Morgan fingerprint density at radius 3 is 2.57 bits per heavy atom. The van der Waals surface area contributed by atoms with Gasteiger partial charge in [0.05, 0.1) is 7.11 Å². The molecule has 0 aliphatic rings. The maximum Gasteiger partial charge on any atom is 0.336 e. The van der Waals surface area contributed by atoms with Gasteiger partial charge in [-0.25, -0.2) is 9.18 Å². The van der Waals surface area contributed by atoms with Crippen LogP contribution >= 0.6 is 15.9 Å². The molecule has 110 valence electrons. The van der Waals surface area contributed by atoms with Gasteiger partial charge in [-0.3, -0.25) is 0 Å². The van der Waals surface area contributed by atoms with Crippen LogP contribution in [0.15, 0.2) is 53.0 Å². The zero-order valence-electron chi connectivity index (χ0n) is 11.7. The van der Waals surface area contributed by atoms with E-state index in [1.807, 2.05) is 18.2 Å². The minimum Gasteiger partial charge on any atom is -0.467 e. The van der Waals surface area contributed by atoms with Crippen LogP contribution in [0.25, 0.3) is 0 Å². The number of carbonyl (C=O) groups is 1. The van der Waals surface area contributed by atoms with E-state index in [1.165, 1.54) is 13.2 Å². The number of esters is 1. The number of ether oxygens (including phenoxy) is 1. The number of nitrogens with one attached hydrogen (secondary N) is 1. The third kappa shape index (κ3) is 3.24. The van der Waals surface area contributed by atoms with Gasteiger partial charge in [0.25, 0.3) is 0 Å². The summed E-state index contributed by atoms with van der Waals surface area (Å²) in [6, 6.07) is 13.4. The average molecular weight is 352 g/mol. The Kier molecular flexibility index (Phi) is 4.63. The van der Waals surface area contributed by atoms with Crippen molar-refractivity contribution in [2.45, 2.75) is 12.5 Å². The summed E-state index contributed by atoms with van der Waals surface area (Å²) in [6.45, 7) is 1.60. The molecule has 0 fully saturated rings. The van der Waals surface area contributed by atoms with Gasteiger partial charge in [0, 0.05) is 15.7 Å². The molecule has 1 unspecified atom stereocenters. The van der Waals surface area contributed by atoms with E-state index in [0.717, 1.165) is 4.47 Å². The number of hydrogen-bond donors (Lipinski definition) is 1. The fourth-order valence-corrected chi connectivity index (χ4v) is 2.55. The summed E-state index contributed by atoms with van der Waals surface area (Å²) in [5.41, 5.74) is -0.404. The Morgan fingerprint density at radius 2 is 1.95 bits per heavy atom. The smallest absolute Gasteiger partial charge is 0.336 e. The van der Waals surface area contributed by atoms with Gasteiger partial charge >= 0.3 is 5.97 Å². The summed E-state index contributed by atoms with van der Waals surface area (Å²) in [7, 11) is 1.28. The van der Waals surface area contributed by atoms with Crippen LogP contribution in [0.2, 0.25) is 0 Å². The molecule has 1 N–H and O–H groups in total. The second kappa shape index (κ2) is 6.26. The second-order valence-electron chi connectivity index (χ2n) is 4.73. The highest BCUT2D eigenvalue weighted by atomic mass is 79.9. The third-order valence-corrected chi connectivity index (χ3v) is 3.72. The molecule has 0 saturated heterocycles. The van der Waals surface area contributed by atoms with Crippen LogP contribution in [-0.4, -0.2) is 13.1 Å². The van der Waals surface area contributed by atoms with Gasteiger partial charge in [-0.05, 0) is 31.2 Å². The highest BCUT2D eigenvalue weighted by molar-refractivity contribution is 9.10. The molecular weight excluding hydrogens is 337 g/mol. The van der Waals surface area contributed by atoms with Gasteiger partial charge in [0.1, 0.15) is 5.82 Å². The molecule has 2 aromatic carbocycles. The first-order valence-electron chi connectivity index (χ1n) is 6.34. The third-order valence-electron chi connectivity index (χ3n) is 3.23. The Bertz CT molecular complexity index is 662. The molecule has 0 saturated carbocycles. The summed E-state index contributed by atoms with van der Waals surface area (Å²) in [6.07, 6.45) is 0. The summed E-state index contributed by atoms with van der Waals surface area (Å²) < 4.78 is 19.8. The van der Waals surface area contributed by atoms with Gasteiger partial charge in [0.15, 0.2) is 5.54 Å². The zero-order chi connectivity index (χ0) is 15.5. The van der Waals surface area contributed by atoms with Crippen LogP contribution in [0.5, 0.6) is 0 Å². The summed E-state index contributed by atoms with van der Waals surface area (Å²) in [5.74, 6) is -1.03. The SMILES string of the molecule is COC(=O)C(C)(Nc1cccc(Br)c1)c1ccccc1F. The lowest BCUT2D eigenvalue weighted by Crippen LogP contribution is -2.42. The minimum absolute atomic E-state index is 0.233. The van der Waals surface area contributed by atoms with Gasteiger partial charge in [-0.15, -0.1) is 0 Å². The Balaban J connectivity index is 2.48. The van der Waals surface area contributed by atoms with E-state index in [2.05, 4.69) is 21.2 Å². The van der Waals surface area contributed by atoms with E-state index >= 15 is 0 Å². The molecule has 0 aliphatic heterocycles. The molecular formula is C16H15BrFNO2. The lowest BCUT2D eigenvalue weighted by Gasteiger charge is -2.30. The van der Waals surface area contributed by atoms with E-state index in [0.29, 0.717) is 5.69 Å². The Morgan fingerprint density at radius 1 is 1.24 bits per heavy atom. The number of benzene rings is 2. The summed E-state index contributed by atoms with van der Waals surface area (Å²) in [4.78, 5) is 12.2.